The van der Waals surface area contributed by atoms with E-state index in [0.29, 0.717) is 36.6 Å². The van der Waals surface area contributed by atoms with Gasteiger partial charge in [-0.25, -0.2) is 15.0 Å². The molecule has 2 aliphatic carbocycles. The Hall–Kier alpha value is -2.84. The molecule has 2 saturated carbocycles. The maximum absolute atomic E-state index is 11.3. The summed E-state index contributed by atoms with van der Waals surface area (Å²) >= 11 is 1.45. The van der Waals surface area contributed by atoms with Crippen molar-refractivity contribution in [3.05, 3.63) is 52.8 Å². The molecule has 0 spiro atoms. The van der Waals surface area contributed by atoms with E-state index in [1.807, 2.05) is 25.3 Å². The van der Waals surface area contributed by atoms with Crippen LogP contribution in [-0.4, -0.2) is 31.1 Å². The lowest BCUT2D eigenvalue weighted by Crippen LogP contribution is -2.35. The van der Waals surface area contributed by atoms with Crippen molar-refractivity contribution in [2.24, 2.45) is 11.8 Å². The maximum atomic E-state index is 11.3. The van der Waals surface area contributed by atoms with Gasteiger partial charge in [0.05, 0.1) is 16.5 Å². The van der Waals surface area contributed by atoms with Gasteiger partial charge in [0.25, 0.3) is 0 Å². The summed E-state index contributed by atoms with van der Waals surface area (Å²) < 4.78 is 0. The second kappa shape index (κ2) is 9.07. The van der Waals surface area contributed by atoms with Crippen LogP contribution >= 0.6 is 11.3 Å². The second-order valence-electron chi connectivity index (χ2n) is 9.85. The monoisotopic (exact) mass is 478 g/mol. The van der Waals surface area contributed by atoms with E-state index in [1.54, 1.807) is 13.1 Å². The number of aromatic nitrogens is 3. The predicted molar refractivity (Wildman–Crippen MR) is 132 cm³/mol. The van der Waals surface area contributed by atoms with Gasteiger partial charge in [-0.2, -0.15) is 0 Å². The van der Waals surface area contributed by atoms with Crippen molar-refractivity contribution in [3.8, 4) is 10.6 Å². The fraction of sp³-hybridized carbons (Fsp3) is 0.462. The number of pyridine rings is 2. The van der Waals surface area contributed by atoms with E-state index in [2.05, 4.69) is 27.4 Å². The van der Waals surface area contributed by atoms with Crippen molar-refractivity contribution < 1.29 is 15.0 Å². The zero-order chi connectivity index (χ0) is 23.9. The molecular weight excluding hydrogens is 448 g/mol. The quantitative estimate of drug-likeness (QED) is 0.404. The highest BCUT2D eigenvalue weighted by Gasteiger charge is 2.40. The fourth-order valence-electron chi connectivity index (χ4n) is 4.88. The molecule has 0 aromatic carbocycles. The number of rotatable bonds is 7. The number of nitrogens with one attached hydrogen (secondary N) is 1. The lowest BCUT2D eigenvalue weighted by molar-refractivity contribution is -0.144. The Balaban J connectivity index is 1.34. The van der Waals surface area contributed by atoms with Crippen molar-refractivity contribution in [3.63, 3.8) is 0 Å². The number of aliphatic carboxylic acids is 1. The molecule has 2 aliphatic rings. The van der Waals surface area contributed by atoms with E-state index in [1.165, 1.54) is 29.7 Å². The van der Waals surface area contributed by atoms with Crippen LogP contribution in [0.25, 0.3) is 10.6 Å². The Morgan fingerprint density at radius 3 is 2.56 bits per heavy atom. The number of aliphatic hydroxyl groups is 1. The first-order chi connectivity index (χ1) is 16.3. The number of carboxylic acids is 1. The van der Waals surface area contributed by atoms with E-state index in [-0.39, 0.29) is 11.8 Å². The van der Waals surface area contributed by atoms with Gasteiger partial charge in [0.15, 0.2) is 0 Å². The third-order valence-electron chi connectivity index (χ3n) is 7.12. The van der Waals surface area contributed by atoms with Gasteiger partial charge < -0.3 is 15.5 Å². The second-order valence-corrected chi connectivity index (χ2v) is 10.9. The molecule has 0 radical (unpaired) electrons. The first kappa shape index (κ1) is 22.9. The average Bonchev–Trinajstić information content (AvgIpc) is 3.54. The molecule has 1 unspecified atom stereocenters. The molecule has 0 saturated heterocycles. The van der Waals surface area contributed by atoms with Gasteiger partial charge in [0.1, 0.15) is 22.2 Å². The summed E-state index contributed by atoms with van der Waals surface area (Å²) in [6.07, 6.45) is 8.66. The Labute approximate surface area is 203 Å². The summed E-state index contributed by atoms with van der Waals surface area (Å²) in [6, 6.07) is 8.19. The van der Waals surface area contributed by atoms with E-state index in [9.17, 15) is 15.0 Å². The van der Waals surface area contributed by atoms with Crippen LogP contribution in [0.1, 0.15) is 67.5 Å². The Morgan fingerprint density at radius 2 is 1.85 bits per heavy atom. The number of nitrogens with zero attached hydrogens (tertiary/aromatic N) is 3. The third kappa shape index (κ3) is 4.83. The van der Waals surface area contributed by atoms with Gasteiger partial charge >= 0.3 is 5.97 Å². The highest BCUT2D eigenvalue weighted by atomic mass is 32.1. The molecule has 3 aromatic heterocycles. The summed E-state index contributed by atoms with van der Waals surface area (Å²) in [5, 5.41) is 24.6. The molecule has 8 heteroatoms. The number of thiazole rings is 1. The number of hydrogen-bond acceptors (Lipinski definition) is 7. The molecule has 0 amide bonds. The number of carboxylic acid groups (broad SMARTS) is 1. The lowest BCUT2D eigenvalue weighted by atomic mass is 9.74. The van der Waals surface area contributed by atoms with E-state index in [4.69, 9.17) is 4.98 Å². The first-order valence-corrected chi connectivity index (χ1v) is 12.7. The molecule has 34 heavy (non-hydrogen) atoms. The predicted octanol–water partition coefficient (Wildman–Crippen LogP) is 5.63. The van der Waals surface area contributed by atoms with Crippen molar-refractivity contribution in [2.45, 2.75) is 63.9 Å². The molecular formula is C26H30N4O3S. The van der Waals surface area contributed by atoms with Crippen LogP contribution < -0.4 is 5.32 Å². The molecule has 178 valence electrons. The SMILES string of the molecule is Cc1cc(Nc2cc(C3CC3)ccn2)nc(-c2cnc(C(C)(O)C3CCC(C(=O)O)CC3)s2)c1. The van der Waals surface area contributed by atoms with Gasteiger partial charge in [0.2, 0.25) is 0 Å². The van der Waals surface area contributed by atoms with Crippen LogP contribution in [0.4, 0.5) is 11.6 Å². The zero-order valence-corrected chi connectivity index (χ0v) is 20.3. The Morgan fingerprint density at radius 1 is 1.09 bits per heavy atom. The van der Waals surface area contributed by atoms with Crippen molar-refractivity contribution in [1.29, 1.82) is 0 Å². The van der Waals surface area contributed by atoms with E-state index < -0.39 is 11.6 Å². The smallest absolute Gasteiger partial charge is 0.306 e. The number of hydrogen-bond donors (Lipinski definition) is 3. The number of anilines is 2. The van der Waals surface area contributed by atoms with Crippen LogP contribution in [0.15, 0.2) is 36.7 Å². The summed E-state index contributed by atoms with van der Waals surface area (Å²) in [5.74, 6) is 1.13. The summed E-state index contributed by atoms with van der Waals surface area (Å²) in [6.45, 7) is 3.83. The highest BCUT2D eigenvalue weighted by molar-refractivity contribution is 7.15. The number of carbonyl (C=O) groups is 1. The van der Waals surface area contributed by atoms with Crippen LogP contribution in [-0.2, 0) is 10.4 Å². The summed E-state index contributed by atoms with van der Waals surface area (Å²) in [5.41, 5.74) is 2.09. The molecule has 3 heterocycles. The van der Waals surface area contributed by atoms with Gasteiger partial charge in [-0.3, -0.25) is 4.79 Å². The van der Waals surface area contributed by atoms with Crippen molar-refractivity contribution >= 4 is 28.9 Å². The minimum atomic E-state index is -1.09. The van der Waals surface area contributed by atoms with Crippen molar-refractivity contribution in [2.75, 3.05) is 5.32 Å². The summed E-state index contributed by atoms with van der Waals surface area (Å²) in [4.78, 5) is 26.0. The number of aryl methyl sites for hydroxylation is 1. The van der Waals surface area contributed by atoms with Gasteiger partial charge in [-0.15, -0.1) is 11.3 Å². The van der Waals surface area contributed by atoms with Gasteiger partial charge in [-0.1, -0.05) is 0 Å². The van der Waals surface area contributed by atoms with Crippen LogP contribution in [0, 0.1) is 18.8 Å². The minimum absolute atomic E-state index is 0.00499. The summed E-state index contributed by atoms with van der Waals surface area (Å²) in [7, 11) is 0. The molecule has 3 aromatic rings. The lowest BCUT2D eigenvalue weighted by Gasteiger charge is -2.35. The van der Waals surface area contributed by atoms with Crippen LogP contribution in [0.3, 0.4) is 0 Å². The molecule has 2 fully saturated rings. The molecule has 0 bridgehead atoms. The molecule has 7 nitrogen and oxygen atoms in total. The largest absolute Gasteiger partial charge is 0.481 e. The van der Waals surface area contributed by atoms with Gasteiger partial charge in [-0.05, 0) is 99.6 Å². The van der Waals surface area contributed by atoms with Gasteiger partial charge in [0, 0.05) is 12.4 Å². The van der Waals surface area contributed by atoms with Crippen LogP contribution in [0.2, 0.25) is 0 Å². The molecule has 3 N–H and O–H groups in total. The van der Waals surface area contributed by atoms with Crippen LogP contribution in [0.5, 0.6) is 0 Å². The van der Waals surface area contributed by atoms with Crippen molar-refractivity contribution in [1.82, 2.24) is 15.0 Å². The third-order valence-corrected chi connectivity index (χ3v) is 8.37. The van der Waals surface area contributed by atoms with E-state index >= 15 is 0 Å². The zero-order valence-electron chi connectivity index (χ0n) is 19.5. The maximum Gasteiger partial charge on any atom is 0.306 e. The first-order valence-electron chi connectivity index (χ1n) is 11.9. The highest BCUT2D eigenvalue weighted by Crippen LogP contribution is 2.43. The topological polar surface area (TPSA) is 108 Å². The standard InChI is InChI=1S/C26H30N4O3S/c1-15-11-20(29-23(12-15)30-22-13-18(9-10-27-22)16-3-4-16)21-14-28-25(34-21)26(2,33)19-7-5-17(6-8-19)24(31)32/h9-14,16-17,19,33H,3-8H2,1-2H3,(H,31,32)(H,27,29,30). The molecule has 0 aliphatic heterocycles. The average molecular weight is 479 g/mol. The molecule has 1 atom stereocenters. The van der Waals surface area contributed by atoms with E-state index in [0.717, 1.165) is 27.8 Å². The molecule has 5 rings (SSSR count). The Bertz CT molecular complexity index is 1200. The Kier molecular flexibility index (Phi) is 6.12. The minimum Gasteiger partial charge on any atom is -0.481 e. The fourth-order valence-corrected chi connectivity index (χ4v) is 5.88. The normalized spacial score (nSPS) is 22.2.